The first-order valence-electron chi connectivity index (χ1n) is 8.02. The van der Waals surface area contributed by atoms with Crippen molar-refractivity contribution in [3.8, 4) is 0 Å². The molecule has 4 nitrogen and oxygen atoms in total. The molecular weight excluding hydrogens is 368 g/mol. The van der Waals surface area contributed by atoms with Crippen molar-refractivity contribution in [2.24, 2.45) is 0 Å². The summed E-state index contributed by atoms with van der Waals surface area (Å²) in [6, 6.07) is 15.1. The summed E-state index contributed by atoms with van der Waals surface area (Å²) in [4.78, 5) is 24.3. The number of thiophene rings is 1. The molecule has 2 N–H and O–H groups in total. The van der Waals surface area contributed by atoms with Crippen LogP contribution in [0, 0.1) is 0 Å². The van der Waals surface area contributed by atoms with E-state index in [2.05, 4.69) is 10.6 Å². The number of hydrogen-bond acceptors (Lipinski definition) is 3. The Morgan fingerprint density at radius 2 is 1.85 bits per heavy atom. The first-order chi connectivity index (χ1) is 12.6. The number of nitrogens with one attached hydrogen (secondary N) is 2. The number of carbonyl (C=O) groups excluding carboxylic acids is 2. The number of fused-ring (bicyclic) bond motifs is 1. The van der Waals surface area contributed by atoms with Crippen LogP contribution in [0.4, 0.5) is 5.69 Å². The summed E-state index contributed by atoms with van der Waals surface area (Å²) in [5.41, 5.74) is 1.55. The standard InChI is InChI=1S/C20H17ClN2O2S/c1-22-19(25)12-13-6-8-14(9-7-13)23-18(24)11-10-17-20(21)15-4-2-3-5-16(15)26-17/h2-11H,12H2,1H3,(H,22,25)(H,23,24)/b11-10+. The van der Waals surface area contributed by atoms with Gasteiger partial charge in [-0.3, -0.25) is 9.59 Å². The SMILES string of the molecule is CNC(=O)Cc1ccc(NC(=O)/C=C/c2sc3ccccc3c2Cl)cc1. The lowest BCUT2D eigenvalue weighted by Crippen LogP contribution is -2.19. The number of hydrogen-bond donors (Lipinski definition) is 2. The molecule has 0 unspecified atom stereocenters. The fourth-order valence-electron chi connectivity index (χ4n) is 2.46. The summed E-state index contributed by atoms with van der Waals surface area (Å²) in [7, 11) is 1.60. The van der Waals surface area contributed by atoms with Gasteiger partial charge in [0.05, 0.1) is 11.4 Å². The Labute approximate surface area is 160 Å². The second-order valence-corrected chi connectivity index (χ2v) is 7.11. The minimum absolute atomic E-state index is 0.0510. The highest BCUT2D eigenvalue weighted by atomic mass is 35.5. The Bertz CT molecular complexity index is 977. The van der Waals surface area contributed by atoms with Crippen LogP contribution >= 0.6 is 22.9 Å². The fraction of sp³-hybridized carbons (Fsp3) is 0.100. The van der Waals surface area contributed by atoms with Crippen molar-refractivity contribution in [3.63, 3.8) is 0 Å². The van der Waals surface area contributed by atoms with Gasteiger partial charge in [-0.15, -0.1) is 11.3 Å². The van der Waals surface area contributed by atoms with Crippen LogP contribution < -0.4 is 10.6 Å². The van der Waals surface area contributed by atoms with Crippen molar-refractivity contribution < 1.29 is 9.59 Å². The van der Waals surface area contributed by atoms with Crippen molar-refractivity contribution in [3.05, 3.63) is 70.1 Å². The number of carbonyl (C=O) groups is 2. The molecule has 2 aromatic carbocycles. The van der Waals surface area contributed by atoms with E-state index in [9.17, 15) is 9.59 Å². The van der Waals surface area contributed by atoms with Gasteiger partial charge in [0.25, 0.3) is 0 Å². The lowest BCUT2D eigenvalue weighted by molar-refractivity contribution is -0.120. The van der Waals surface area contributed by atoms with Gasteiger partial charge in [-0.2, -0.15) is 0 Å². The van der Waals surface area contributed by atoms with Crippen molar-refractivity contribution in [2.45, 2.75) is 6.42 Å². The first kappa shape index (κ1) is 18.2. The van der Waals surface area contributed by atoms with E-state index in [0.29, 0.717) is 17.1 Å². The third-order valence-electron chi connectivity index (χ3n) is 3.81. The van der Waals surface area contributed by atoms with Gasteiger partial charge in [0, 0.05) is 33.8 Å². The summed E-state index contributed by atoms with van der Waals surface area (Å²) in [5.74, 6) is -0.289. The molecule has 0 aliphatic rings. The zero-order valence-electron chi connectivity index (χ0n) is 14.1. The van der Waals surface area contributed by atoms with Crippen LogP contribution in [-0.4, -0.2) is 18.9 Å². The van der Waals surface area contributed by atoms with Gasteiger partial charge in [-0.25, -0.2) is 0 Å². The van der Waals surface area contributed by atoms with Gasteiger partial charge < -0.3 is 10.6 Å². The normalized spacial score (nSPS) is 11.0. The van der Waals surface area contributed by atoms with Gasteiger partial charge in [-0.1, -0.05) is 41.9 Å². The Hall–Kier alpha value is -2.63. The van der Waals surface area contributed by atoms with E-state index in [-0.39, 0.29) is 11.8 Å². The predicted octanol–water partition coefficient (Wildman–Crippen LogP) is 4.50. The van der Waals surface area contributed by atoms with Gasteiger partial charge in [0.2, 0.25) is 11.8 Å². The number of likely N-dealkylation sites (N-methyl/N-ethyl adjacent to an activating group) is 1. The van der Waals surface area contributed by atoms with Crippen molar-refractivity contribution in [2.75, 3.05) is 12.4 Å². The van der Waals surface area contributed by atoms with Gasteiger partial charge in [-0.05, 0) is 29.8 Å². The molecule has 0 aliphatic carbocycles. The summed E-state index contributed by atoms with van der Waals surface area (Å²) >= 11 is 7.91. The van der Waals surface area contributed by atoms with E-state index in [4.69, 9.17) is 11.6 Å². The molecule has 0 saturated heterocycles. The second-order valence-electron chi connectivity index (χ2n) is 5.65. The average molecular weight is 385 g/mol. The van der Waals surface area contributed by atoms with Gasteiger partial charge >= 0.3 is 0 Å². The molecule has 3 aromatic rings. The summed E-state index contributed by atoms with van der Waals surface area (Å²) in [6.07, 6.45) is 3.51. The van der Waals surface area contributed by atoms with E-state index in [1.807, 2.05) is 36.4 Å². The van der Waals surface area contributed by atoms with Crippen LogP contribution in [0.15, 0.2) is 54.6 Å². The zero-order chi connectivity index (χ0) is 18.5. The molecule has 0 fully saturated rings. The molecule has 0 aliphatic heterocycles. The van der Waals surface area contributed by atoms with Crippen molar-refractivity contribution in [1.82, 2.24) is 5.32 Å². The Kier molecular flexibility index (Phi) is 5.71. The second kappa shape index (κ2) is 8.17. The lowest BCUT2D eigenvalue weighted by Gasteiger charge is -2.04. The fourth-order valence-corrected chi connectivity index (χ4v) is 3.85. The quantitative estimate of drug-likeness (QED) is 0.636. The summed E-state index contributed by atoms with van der Waals surface area (Å²) in [6.45, 7) is 0. The molecule has 2 amide bonds. The van der Waals surface area contributed by atoms with Crippen LogP contribution in [0.5, 0.6) is 0 Å². The topological polar surface area (TPSA) is 58.2 Å². The largest absolute Gasteiger partial charge is 0.359 e. The monoisotopic (exact) mass is 384 g/mol. The van der Waals surface area contributed by atoms with Gasteiger partial charge in [0.1, 0.15) is 0 Å². The minimum Gasteiger partial charge on any atom is -0.359 e. The minimum atomic E-state index is -0.238. The van der Waals surface area contributed by atoms with E-state index in [0.717, 1.165) is 20.5 Å². The Balaban J connectivity index is 1.65. The molecule has 0 bridgehead atoms. The molecule has 0 saturated carbocycles. The molecule has 6 heteroatoms. The Morgan fingerprint density at radius 1 is 1.12 bits per heavy atom. The average Bonchev–Trinajstić information content (AvgIpc) is 2.98. The first-order valence-corrected chi connectivity index (χ1v) is 9.22. The van der Waals surface area contributed by atoms with Crippen molar-refractivity contribution >= 4 is 56.6 Å². The molecule has 1 aromatic heterocycles. The molecule has 3 rings (SSSR count). The van der Waals surface area contributed by atoms with E-state index >= 15 is 0 Å². The van der Waals surface area contributed by atoms with Gasteiger partial charge in [0.15, 0.2) is 0 Å². The summed E-state index contributed by atoms with van der Waals surface area (Å²) in [5, 5.41) is 7.03. The number of anilines is 1. The highest BCUT2D eigenvalue weighted by Gasteiger charge is 2.08. The van der Waals surface area contributed by atoms with Crippen LogP contribution in [0.1, 0.15) is 10.4 Å². The highest BCUT2D eigenvalue weighted by Crippen LogP contribution is 2.35. The molecule has 0 radical (unpaired) electrons. The Morgan fingerprint density at radius 3 is 2.54 bits per heavy atom. The molecule has 1 heterocycles. The van der Waals surface area contributed by atoms with E-state index in [1.54, 1.807) is 36.6 Å². The predicted molar refractivity (Wildman–Crippen MR) is 109 cm³/mol. The van der Waals surface area contributed by atoms with Crippen LogP contribution in [-0.2, 0) is 16.0 Å². The maximum atomic E-state index is 12.1. The smallest absolute Gasteiger partial charge is 0.248 e. The zero-order valence-corrected chi connectivity index (χ0v) is 15.7. The van der Waals surface area contributed by atoms with Crippen LogP contribution in [0.3, 0.4) is 0 Å². The maximum Gasteiger partial charge on any atom is 0.248 e. The number of benzene rings is 2. The summed E-state index contributed by atoms with van der Waals surface area (Å²) < 4.78 is 1.09. The number of amides is 2. The molecule has 26 heavy (non-hydrogen) atoms. The lowest BCUT2D eigenvalue weighted by atomic mass is 10.1. The highest BCUT2D eigenvalue weighted by molar-refractivity contribution is 7.20. The van der Waals surface area contributed by atoms with E-state index < -0.39 is 0 Å². The third kappa shape index (κ3) is 4.31. The molecule has 0 atom stereocenters. The number of halogens is 1. The van der Waals surface area contributed by atoms with E-state index in [1.165, 1.54) is 6.08 Å². The molecule has 132 valence electrons. The molecular formula is C20H17ClN2O2S. The molecule has 0 spiro atoms. The van der Waals surface area contributed by atoms with Crippen molar-refractivity contribution in [1.29, 1.82) is 0 Å². The maximum absolute atomic E-state index is 12.1. The van der Waals surface area contributed by atoms with Crippen LogP contribution in [0.2, 0.25) is 5.02 Å². The number of rotatable bonds is 5. The third-order valence-corrected chi connectivity index (χ3v) is 5.47. The van der Waals surface area contributed by atoms with Crippen LogP contribution in [0.25, 0.3) is 16.2 Å².